The lowest BCUT2D eigenvalue weighted by molar-refractivity contribution is -0.111. The molecule has 34 heavy (non-hydrogen) atoms. The Bertz CT molecular complexity index is 1080. The highest BCUT2D eigenvalue weighted by molar-refractivity contribution is 7.80. The van der Waals surface area contributed by atoms with Crippen LogP contribution in [-0.4, -0.2) is 25.7 Å². The third-order valence-electron chi connectivity index (χ3n) is 5.40. The highest BCUT2D eigenvalue weighted by Gasteiger charge is 2.05. The fourth-order valence-corrected chi connectivity index (χ4v) is 3.61. The maximum Gasteiger partial charge on any atom is 0.248 e. The number of ether oxygens (including phenoxy) is 2. The van der Waals surface area contributed by atoms with Crippen LogP contribution in [0.2, 0.25) is 0 Å². The SMILES string of the molecule is CCCCOCCOc1ccc(-c2ccc(CC)c(/C=C/C(=O)Nc3ccc(S)cc3)c2)cc1. The minimum Gasteiger partial charge on any atom is -0.491 e. The molecule has 0 saturated heterocycles. The van der Waals surface area contributed by atoms with Crippen LogP contribution in [0, 0.1) is 0 Å². The average molecular weight is 476 g/mol. The number of amides is 1. The van der Waals surface area contributed by atoms with Gasteiger partial charge in [0.2, 0.25) is 5.91 Å². The van der Waals surface area contributed by atoms with Gasteiger partial charge in [-0.3, -0.25) is 4.79 Å². The fraction of sp³-hybridized carbons (Fsp3) is 0.276. The Morgan fingerprint density at radius 1 is 0.912 bits per heavy atom. The van der Waals surface area contributed by atoms with E-state index in [-0.39, 0.29) is 5.91 Å². The number of hydrogen-bond acceptors (Lipinski definition) is 4. The Kier molecular flexibility index (Phi) is 10.3. The van der Waals surface area contributed by atoms with Crippen molar-refractivity contribution < 1.29 is 14.3 Å². The maximum atomic E-state index is 12.4. The normalized spacial score (nSPS) is 11.0. The maximum absolute atomic E-state index is 12.4. The molecule has 0 aliphatic carbocycles. The van der Waals surface area contributed by atoms with E-state index in [1.54, 1.807) is 6.08 Å². The predicted octanol–water partition coefficient (Wildman–Crippen LogP) is 7.05. The van der Waals surface area contributed by atoms with E-state index in [1.165, 1.54) is 5.56 Å². The third kappa shape index (κ3) is 8.08. The van der Waals surface area contributed by atoms with Crippen molar-refractivity contribution in [2.24, 2.45) is 0 Å². The van der Waals surface area contributed by atoms with Gasteiger partial charge in [-0.05, 0) is 83.6 Å². The number of carbonyl (C=O) groups excluding carboxylic acids is 1. The average Bonchev–Trinajstić information content (AvgIpc) is 2.86. The molecule has 3 aromatic rings. The van der Waals surface area contributed by atoms with Gasteiger partial charge in [-0.2, -0.15) is 0 Å². The highest BCUT2D eigenvalue weighted by Crippen LogP contribution is 2.26. The van der Waals surface area contributed by atoms with Crippen LogP contribution in [0.1, 0.15) is 37.8 Å². The molecule has 0 atom stereocenters. The minimum atomic E-state index is -0.167. The molecule has 0 fully saturated rings. The summed E-state index contributed by atoms with van der Waals surface area (Å²) in [4.78, 5) is 13.2. The number of aryl methyl sites for hydroxylation is 1. The fourth-order valence-electron chi connectivity index (χ4n) is 3.46. The van der Waals surface area contributed by atoms with Crippen molar-refractivity contribution in [2.75, 3.05) is 25.1 Å². The molecule has 0 saturated carbocycles. The van der Waals surface area contributed by atoms with Crippen LogP contribution in [0.15, 0.2) is 77.7 Å². The summed E-state index contributed by atoms with van der Waals surface area (Å²) in [5.74, 6) is 0.662. The topological polar surface area (TPSA) is 47.6 Å². The Labute approximate surface area is 208 Å². The summed E-state index contributed by atoms with van der Waals surface area (Å²) in [6.45, 7) is 6.20. The van der Waals surface area contributed by atoms with E-state index < -0.39 is 0 Å². The number of benzene rings is 3. The van der Waals surface area contributed by atoms with Crippen molar-refractivity contribution in [3.8, 4) is 16.9 Å². The van der Waals surface area contributed by atoms with E-state index in [2.05, 4.69) is 62.1 Å². The molecule has 4 nitrogen and oxygen atoms in total. The standard InChI is InChI=1S/C29H33NO3S/c1-3-5-18-32-19-20-33-27-13-8-23(9-14-27)25-7-6-22(4-2)24(21-25)10-17-29(31)30-26-11-15-28(34)16-12-26/h6-17,21,34H,3-5,18-20H2,1-2H3,(H,30,31)/b17-10+. The monoisotopic (exact) mass is 475 g/mol. The van der Waals surface area contributed by atoms with Gasteiger partial charge >= 0.3 is 0 Å². The second kappa shape index (κ2) is 13.6. The quantitative estimate of drug-likeness (QED) is 0.168. The second-order valence-electron chi connectivity index (χ2n) is 7.98. The van der Waals surface area contributed by atoms with E-state index >= 15 is 0 Å². The molecule has 0 bridgehead atoms. The number of unbranched alkanes of at least 4 members (excludes halogenated alkanes) is 1. The molecule has 3 aromatic carbocycles. The van der Waals surface area contributed by atoms with Crippen LogP contribution >= 0.6 is 12.6 Å². The van der Waals surface area contributed by atoms with Crippen molar-refractivity contribution in [1.82, 2.24) is 0 Å². The van der Waals surface area contributed by atoms with Crippen molar-refractivity contribution in [2.45, 2.75) is 38.0 Å². The molecule has 0 radical (unpaired) electrons. The van der Waals surface area contributed by atoms with Crippen molar-refractivity contribution in [3.05, 3.63) is 83.9 Å². The lowest BCUT2D eigenvalue weighted by Crippen LogP contribution is -2.07. The molecule has 178 valence electrons. The molecule has 0 spiro atoms. The summed E-state index contributed by atoms with van der Waals surface area (Å²) in [6.07, 6.45) is 6.56. The molecule has 0 unspecified atom stereocenters. The van der Waals surface area contributed by atoms with E-state index in [0.29, 0.717) is 13.2 Å². The molecule has 1 amide bonds. The largest absolute Gasteiger partial charge is 0.491 e. The predicted molar refractivity (Wildman–Crippen MR) is 144 cm³/mol. The number of hydrogen-bond donors (Lipinski definition) is 2. The molecule has 0 aliphatic rings. The van der Waals surface area contributed by atoms with Crippen LogP contribution in [-0.2, 0) is 16.0 Å². The third-order valence-corrected chi connectivity index (χ3v) is 5.70. The lowest BCUT2D eigenvalue weighted by atomic mass is 9.97. The zero-order valence-corrected chi connectivity index (χ0v) is 20.8. The van der Waals surface area contributed by atoms with Crippen molar-refractivity contribution in [1.29, 1.82) is 0 Å². The summed E-state index contributed by atoms with van der Waals surface area (Å²) in [5.41, 5.74) is 5.16. The van der Waals surface area contributed by atoms with Gasteiger partial charge in [-0.25, -0.2) is 0 Å². The summed E-state index contributed by atoms with van der Waals surface area (Å²) in [7, 11) is 0. The van der Waals surface area contributed by atoms with E-state index in [9.17, 15) is 4.79 Å². The van der Waals surface area contributed by atoms with Gasteiger partial charge in [0.25, 0.3) is 0 Å². The Balaban J connectivity index is 1.63. The van der Waals surface area contributed by atoms with Gasteiger partial charge in [0.1, 0.15) is 12.4 Å². The lowest BCUT2D eigenvalue weighted by Gasteiger charge is -2.10. The Morgan fingerprint density at radius 2 is 1.65 bits per heavy atom. The van der Waals surface area contributed by atoms with E-state index in [1.807, 2.05) is 42.5 Å². The van der Waals surface area contributed by atoms with Crippen LogP contribution in [0.4, 0.5) is 5.69 Å². The molecule has 1 N–H and O–H groups in total. The highest BCUT2D eigenvalue weighted by atomic mass is 32.1. The van der Waals surface area contributed by atoms with Gasteiger partial charge < -0.3 is 14.8 Å². The molecule has 0 heterocycles. The Hall–Kier alpha value is -3.02. The van der Waals surface area contributed by atoms with Crippen LogP contribution in [0.3, 0.4) is 0 Å². The van der Waals surface area contributed by atoms with E-state index in [4.69, 9.17) is 9.47 Å². The molecule has 0 aliphatic heterocycles. The molecule has 0 aromatic heterocycles. The first-order valence-electron chi connectivity index (χ1n) is 11.8. The number of thiol groups is 1. The van der Waals surface area contributed by atoms with Gasteiger partial charge in [-0.15, -0.1) is 12.6 Å². The second-order valence-corrected chi connectivity index (χ2v) is 8.49. The number of anilines is 1. The van der Waals surface area contributed by atoms with Gasteiger partial charge in [0, 0.05) is 23.3 Å². The zero-order chi connectivity index (χ0) is 24.2. The number of carbonyl (C=O) groups is 1. The van der Waals surface area contributed by atoms with E-state index in [0.717, 1.165) is 58.9 Å². The first kappa shape index (κ1) is 25.6. The van der Waals surface area contributed by atoms with Crippen molar-refractivity contribution in [3.63, 3.8) is 0 Å². The van der Waals surface area contributed by atoms with Crippen LogP contribution < -0.4 is 10.1 Å². The van der Waals surface area contributed by atoms with Gasteiger partial charge in [0.15, 0.2) is 0 Å². The number of rotatable bonds is 12. The van der Waals surface area contributed by atoms with Crippen LogP contribution in [0.5, 0.6) is 5.75 Å². The van der Waals surface area contributed by atoms with Gasteiger partial charge in [0.05, 0.1) is 6.61 Å². The van der Waals surface area contributed by atoms with Crippen molar-refractivity contribution >= 4 is 30.3 Å². The summed E-state index contributed by atoms with van der Waals surface area (Å²) in [6, 6.07) is 21.8. The molecular formula is C29H33NO3S. The number of nitrogens with one attached hydrogen (secondary N) is 1. The smallest absolute Gasteiger partial charge is 0.248 e. The van der Waals surface area contributed by atoms with Gasteiger partial charge in [-0.1, -0.05) is 44.5 Å². The first-order chi connectivity index (χ1) is 16.6. The minimum absolute atomic E-state index is 0.167. The Morgan fingerprint density at radius 3 is 2.35 bits per heavy atom. The molecular weight excluding hydrogens is 442 g/mol. The molecule has 5 heteroatoms. The molecule has 3 rings (SSSR count). The summed E-state index contributed by atoms with van der Waals surface area (Å²) >= 11 is 4.27. The van der Waals surface area contributed by atoms with Crippen LogP contribution in [0.25, 0.3) is 17.2 Å². The summed E-state index contributed by atoms with van der Waals surface area (Å²) < 4.78 is 11.3. The first-order valence-corrected chi connectivity index (χ1v) is 12.3. The summed E-state index contributed by atoms with van der Waals surface area (Å²) in [5, 5.41) is 2.88. The zero-order valence-electron chi connectivity index (χ0n) is 19.9.